The van der Waals surface area contributed by atoms with Gasteiger partial charge in [0.15, 0.2) is 0 Å². The van der Waals surface area contributed by atoms with Crippen molar-refractivity contribution in [2.75, 3.05) is 4.90 Å². The van der Waals surface area contributed by atoms with Gasteiger partial charge >= 0.3 is 0 Å². The molecule has 0 spiro atoms. The van der Waals surface area contributed by atoms with Gasteiger partial charge < -0.3 is 4.90 Å². The van der Waals surface area contributed by atoms with E-state index in [4.69, 9.17) is 0 Å². The topological polar surface area (TPSA) is 3.24 Å². The van der Waals surface area contributed by atoms with Gasteiger partial charge in [-0.05, 0) is 97.7 Å². The molecule has 1 nitrogen and oxygen atoms in total. The van der Waals surface area contributed by atoms with Gasteiger partial charge in [-0.1, -0.05) is 170 Å². The molecule has 2 heteroatoms. The molecule has 0 saturated heterocycles. The minimum atomic E-state index is 1.12. The Balaban J connectivity index is 1.04. The number of hydrogen-bond acceptors (Lipinski definition) is 2. The number of rotatable bonds is 7. The van der Waals surface area contributed by atoms with Gasteiger partial charge in [0.05, 0.1) is 10.4 Å². The lowest BCUT2D eigenvalue weighted by Crippen LogP contribution is -2.10. The predicted molar refractivity (Wildman–Crippen MR) is 233 cm³/mol. The summed E-state index contributed by atoms with van der Waals surface area (Å²) in [7, 11) is 0. The Morgan fingerprint density at radius 2 is 0.815 bits per heavy atom. The van der Waals surface area contributed by atoms with Crippen molar-refractivity contribution >= 4 is 59.3 Å². The van der Waals surface area contributed by atoms with Crippen LogP contribution in [0.5, 0.6) is 0 Å². The molecular formula is C52H35NS. The molecule has 10 rings (SSSR count). The zero-order valence-electron chi connectivity index (χ0n) is 29.6. The van der Waals surface area contributed by atoms with Gasteiger partial charge in [0, 0.05) is 26.8 Å². The highest BCUT2D eigenvalue weighted by Gasteiger charge is 2.18. The van der Waals surface area contributed by atoms with Crippen molar-refractivity contribution in [1.82, 2.24) is 0 Å². The van der Waals surface area contributed by atoms with Crippen LogP contribution in [0.4, 0.5) is 17.1 Å². The van der Waals surface area contributed by atoms with Gasteiger partial charge in [-0.15, -0.1) is 11.3 Å². The maximum Gasteiger partial charge on any atom is 0.0640 e. The molecule has 0 amide bonds. The van der Waals surface area contributed by atoms with E-state index in [1.54, 1.807) is 0 Å². The molecule has 0 bridgehead atoms. The summed E-state index contributed by atoms with van der Waals surface area (Å²) in [6.45, 7) is 0. The summed E-state index contributed by atoms with van der Waals surface area (Å²) in [5, 5.41) is 5.08. The second kappa shape index (κ2) is 13.7. The molecule has 0 fully saturated rings. The van der Waals surface area contributed by atoms with Gasteiger partial charge in [0.1, 0.15) is 0 Å². The molecule has 0 saturated carbocycles. The maximum atomic E-state index is 2.41. The lowest BCUT2D eigenvalue weighted by Gasteiger charge is -2.26. The van der Waals surface area contributed by atoms with E-state index >= 15 is 0 Å². The van der Waals surface area contributed by atoms with Crippen LogP contribution in [-0.4, -0.2) is 0 Å². The Kier molecular flexibility index (Phi) is 8.09. The standard InChI is InChI=1S/C52H35NS/c1-3-11-36(12-4-1)38-21-23-42(24-22-38)46-17-9-15-41-25-26-43(35-49(41)46)40-29-33-45(34-30-40)53(44-31-27-39(28-32-44)37-13-5-2-6-14-37)50-19-10-18-48-47-16-7-8-20-51(47)54-52(48)50/h1-35H. The second-order valence-corrected chi connectivity index (χ2v) is 14.8. The summed E-state index contributed by atoms with van der Waals surface area (Å²) in [4.78, 5) is 2.41. The highest BCUT2D eigenvalue weighted by atomic mass is 32.1. The van der Waals surface area contributed by atoms with Crippen molar-refractivity contribution in [2.24, 2.45) is 0 Å². The average molecular weight is 706 g/mol. The van der Waals surface area contributed by atoms with Crippen molar-refractivity contribution in [1.29, 1.82) is 0 Å². The summed E-state index contributed by atoms with van der Waals surface area (Å²) >= 11 is 1.86. The van der Waals surface area contributed by atoms with Crippen LogP contribution < -0.4 is 4.90 Å². The van der Waals surface area contributed by atoms with E-state index in [1.165, 1.54) is 81.1 Å². The monoisotopic (exact) mass is 705 g/mol. The number of hydrogen-bond donors (Lipinski definition) is 0. The quantitative estimate of drug-likeness (QED) is 0.160. The molecule has 1 heterocycles. The lowest BCUT2D eigenvalue weighted by atomic mass is 9.93. The number of nitrogens with zero attached hydrogens (tertiary/aromatic N) is 1. The van der Waals surface area contributed by atoms with Gasteiger partial charge in [-0.3, -0.25) is 0 Å². The molecule has 254 valence electrons. The Morgan fingerprint density at radius 1 is 0.315 bits per heavy atom. The summed E-state index contributed by atoms with van der Waals surface area (Å²) < 4.78 is 2.59. The number of thiophene rings is 1. The van der Waals surface area contributed by atoms with E-state index in [2.05, 4.69) is 217 Å². The Labute approximate surface area is 319 Å². The number of fused-ring (bicyclic) bond motifs is 4. The summed E-state index contributed by atoms with van der Waals surface area (Å²) in [6.07, 6.45) is 0. The van der Waals surface area contributed by atoms with Crippen molar-refractivity contribution in [2.45, 2.75) is 0 Å². The zero-order valence-corrected chi connectivity index (χ0v) is 30.4. The first kappa shape index (κ1) is 32.0. The molecular weight excluding hydrogens is 671 g/mol. The van der Waals surface area contributed by atoms with Gasteiger partial charge in [0.25, 0.3) is 0 Å². The smallest absolute Gasteiger partial charge is 0.0640 e. The molecule has 0 unspecified atom stereocenters. The van der Waals surface area contributed by atoms with Crippen LogP contribution in [0.3, 0.4) is 0 Å². The van der Waals surface area contributed by atoms with Crippen molar-refractivity contribution in [3.63, 3.8) is 0 Å². The van der Waals surface area contributed by atoms with Crippen LogP contribution in [0.15, 0.2) is 212 Å². The molecule has 0 aliphatic rings. The Bertz CT molecular complexity index is 2890. The summed E-state index contributed by atoms with van der Waals surface area (Å²) in [6, 6.07) is 77.1. The molecule has 9 aromatic carbocycles. The fourth-order valence-corrected chi connectivity index (χ4v) is 8.96. The second-order valence-electron chi connectivity index (χ2n) is 13.7. The minimum absolute atomic E-state index is 1.12. The third-order valence-electron chi connectivity index (χ3n) is 10.5. The summed E-state index contributed by atoms with van der Waals surface area (Å²) in [5.74, 6) is 0. The van der Waals surface area contributed by atoms with Crippen LogP contribution in [0.25, 0.3) is 75.5 Å². The minimum Gasteiger partial charge on any atom is -0.309 e. The van der Waals surface area contributed by atoms with E-state index in [-0.39, 0.29) is 0 Å². The fourth-order valence-electron chi connectivity index (χ4n) is 7.75. The third-order valence-corrected chi connectivity index (χ3v) is 11.7. The van der Waals surface area contributed by atoms with Gasteiger partial charge in [-0.2, -0.15) is 0 Å². The van der Waals surface area contributed by atoms with Gasteiger partial charge in [0.2, 0.25) is 0 Å². The van der Waals surface area contributed by atoms with Crippen LogP contribution in [0.2, 0.25) is 0 Å². The molecule has 54 heavy (non-hydrogen) atoms. The Hall–Kier alpha value is -6.74. The molecule has 0 N–H and O–H groups in total. The van der Waals surface area contributed by atoms with Gasteiger partial charge in [-0.25, -0.2) is 0 Å². The highest BCUT2D eigenvalue weighted by molar-refractivity contribution is 7.26. The Morgan fingerprint density at radius 3 is 1.48 bits per heavy atom. The van der Waals surface area contributed by atoms with Crippen molar-refractivity contribution in [3.8, 4) is 44.5 Å². The normalized spacial score (nSPS) is 11.3. The van der Waals surface area contributed by atoms with Crippen LogP contribution >= 0.6 is 11.3 Å². The first-order chi connectivity index (χ1) is 26.8. The van der Waals surface area contributed by atoms with E-state index in [9.17, 15) is 0 Å². The average Bonchev–Trinajstić information content (AvgIpc) is 3.64. The van der Waals surface area contributed by atoms with E-state index in [0.717, 1.165) is 11.4 Å². The molecule has 0 aliphatic carbocycles. The first-order valence-electron chi connectivity index (χ1n) is 18.4. The SMILES string of the molecule is c1ccc(-c2ccc(-c3cccc4ccc(-c5ccc(N(c6ccc(-c7ccccc7)cc6)c6cccc7c6sc6ccccc67)cc5)cc34)cc2)cc1. The van der Waals surface area contributed by atoms with Crippen LogP contribution in [0.1, 0.15) is 0 Å². The zero-order chi connectivity index (χ0) is 35.8. The molecule has 0 atom stereocenters. The number of benzene rings is 9. The van der Waals surface area contributed by atoms with E-state index < -0.39 is 0 Å². The van der Waals surface area contributed by atoms with Crippen LogP contribution in [-0.2, 0) is 0 Å². The lowest BCUT2D eigenvalue weighted by molar-refractivity contribution is 1.30. The number of anilines is 3. The third kappa shape index (κ3) is 5.84. The van der Waals surface area contributed by atoms with Crippen molar-refractivity contribution < 1.29 is 0 Å². The molecule has 10 aromatic rings. The van der Waals surface area contributed by atoms with Crippen LogP contribution in [0, 0.1) is 0 Å². The largest absolute Gasteiger partial charge is 0.309 e. The fraction of sp³-hybridized carbons (Fsp3) is 0. The first-order valence-corrected chi connectivity index (χ1v) is 19.2. The van der Waals surface area contributed by atoms with Crippen molar-refractivity contribution in [3.05, 3.63) is 212 Å². The predicted octanol–water partition coefficient (Wildman–Crippen LogP) is 15.3. The maximum absolute atomic E-state index is 2.41. The van der Waals surface area contributed by atoms with E-state index in [1.807, 2.05) is 11.3 Å². The summed E-state index contributed by atoms with van der Waals surface area (Å²) in [5.41, 5.74) is 13.2. The highest BCUT2D eigenvalue weighted by Crippen LogP contribution is 2.45. The molecule has 0 aliphatic heterocycles. The van der Waals surface area contributed by atoms with E-state index in [0.29, 0.717) is 0 Å². The molecule has 1 aromatic heterocycles. The molecule has 0 radical (unpaired) electrons.